The molecule has 5 fully saturated rings. The number of nitrogens with one attached hydrogen (secondary N) is 1. The summed E-state index contributed by atoms with van der Waals surface area (Å²) in [5.41, 5.74) is 1.84. The number of rotatable bonds is 9. The van der Waals surface area contributed by atoms with E-state index in [1.165, 1.54) is 58.5 Å². The Bertz CT molecular complexity index is 1170. The van der Waals surface area contributed by atoms with E-state index in [0.717, 1.165) is 42.1 Å². The molecule has 1 amide bonds. The first kappa shape index (κ1) is 32.0. The van der Waals surface area contributed by atoms with Gasteiger partial charge in [-0.25, -0.2) is 4.79 Å². The lowest BCUT2D eigenvalue weighted by Gasteiger charge is -2.61. The van der Waals surface area contributed by atoms with Gasteiger partial charge in [0.25, 0.3) is 0 Å². The molecular formula is C38H57NO5. The number of ether oxygens (including phenoxy) is 3. The van der Waals surface area contributed by atoms with Gasteiger partial charge in [-0.15, -0.1) is 0 Å². The molecule has 6 rings (SSSR count). The maximum atomic E-state index is 13.2. The van der Waals surface area contributed by atoms with E-state index in [-0.39, 0.29) is 17.9 Å². The van der Waals surface area contributed by atoms with Crippen molar-refractivity contribution in [1.29, 1.82) is 0 Å². The summed E-state index contributed by atoms with van der Waals surface area (Å²) >= 11 is 0. The number of fused-ring (bicyclic) bond motifs is 7. The lowest BCUT2D eigenvalue weighted by molar-refractivity contribution is -0.145. The quantitative estimate of drug-likeness (QED) is 0.306. The van der Waals surface area contributed by atoms with Crippen molar-refractivity contribution in [3.63, 3.8) is 0 Å². The second kappa shape index (κ2) is 12.7. The molecule has 0 spiro atoms. The van der Waals surface area contributed by atoms with Crippen LogP contribution in [0.5, 0.6) is 0 Å². The van der Waals surface area contributed by atoms with E-state index in [2.05, 4.69) is 26.1 Å². The maximum absolute atomic E-state index is 13.2. The van der Waals surface area contributed by atoms with Crippen molar-refractivity contribution in [2.24, 2.45) is 52.3 Å². The first-order chi connectivity index (χ1) is 21.1. The Balaban J connectivity index is 1.05. The highest BCUT2D eigenvalue weighted by Crippen LogP contribution is 2.70. The minimum atomic E-state index is -0.683. The highest BCUT2D eigenvalue weighted by Gasteiger charge is 2.65. The number of esters is 1. The highest BCUT2D eigenvalue weighted by molar-refractivity contribution is 5.85. The normalized spacial score (nSPS) is 42.3. The zero-order valence-electron chi connectivity index (χ0n) is 28.1. The largest absolute Gasteiger partial charge is 0.467 e. The zero-order chi connectivity index (χ0) is 31.2. The minimum Gasteiger partial charge on any atom is -0.467 e. The second-order valence-electron chi connectivity index (χ2n) is 15.9. The van der Waals surface area contributed by atoms with Crippen molar-refractivity contribution in [3.05, 3.63) is 35.9 Å². The molecular weight excluding hydrogens is 550 g/mol. The number of hydrogen-bond acceptors (Lipinski definition) is 5. The predicted octanol–water partition coefficient (Wildman–Crippen LogP) is 6.99. The molecule has 1 aromatic carbocycles. The second-order valence-corrected chi connectivity index (χ2v) is 15.9. The molecule has 0 bridgehead atoms. The Morgan fingerprint density at radius 2 is 1.75 bits per heavy atom. The molecule has 6 nitrogen and oxygen atoms in total. The molecule has 1 aromatic rings. The average molecular weight is 608 g/mol. The van der Waals surface area contributed by atoms with Crippen LogP contribution in [0, 0.1) is 52.3 Å². The molecule has 1 aliphatic heterocycles. The minimum absolute atomic E-state index is 0.0869. The third-order valence-corrected chi connectivity index (χ3v) is 14.0. The van der Waals surface area contributed by atoms with Crippen LogP contribution in [0.3, 0.4) is 0 Å². The monoisotopic (exact) mass is 607 g/mol. The molecule has 0 radical (unpaired) electrons. The van der Waals surface area contributed by atoms with Crippen molar-refractivity contribution in [3.8, 4) is 0 Å². The number of hydrogen-bond donors (Lipinski definition) is 1. The van der Waals surface area contributed by atoms with Gasteiger partial charge in [0.1, 0.15) is 6.04 Å². The Labute approximate surface area is 265 Å². The summed E-state index contributed by atoms with van der Waals surface area (Å²) in [6, 6.07) is 9.09. The Morgan fingerprint density at radius 1 is 1.00 bits per heavy atom. The van der Waals surface area contributed by atoms with E-state index < -0.39 is 12.0 Å². The molecule has 1 heterocycles. The van der Waals surface area contributed by atoms with Crippen LogP contribution in [-0.4, -0.2) is 50.4 Å². The van der Waals surface area contributed by atoms with E-state index in [1.54, 1.807) is 0 Å². The van der Waals surface area contributed by atoms with Crippen molar-refractivity contribution in [2.45, 2.75) is 123 Å². The van der Waals surface area contributed by atoms with Gasteiger partial charge in [0.2, 0.25) is 5.91 Å². The summed E-state index contributed by atoms with van der Waals surface area (Å²) in [7, 11) is 3.28. The molecule has 44 heavy (non-hydrogen) atoms. The number of carbonyl (C=O) groups excluding carboxylic acids is 2. The first-order valence-corrected chi connectivity index (χ1v) is 17.7. The van der Waals surface area contributed by atoms with Crippen molar-refractivity contribution < 1.29 is 23.8 Å². The molecule has 1 saturated heterocycles. The maximum Gasteiger partial charge on any atom is 0.328 e. The molecule has 4 saturated carbocycles. The summed E-state index contributed by atoms with van der Waals surface area (Å²) in [4.78, 5) is 25.7. The van der Waals surface area contributed by atoms with Crippen LogP contribution < -0.4 is 5.32 Å². The van der Waals surface area contributed by atoms with E-state index in [9.17, 15) is 9.59 Å². The fourth-order valence-corrected chi connectivity index (χ4v) is 11.5. The SMILES string of the molecule is COC(=O)C(Cc1ccccc1)NC(=O)[C@@H](C)CC[C@H]1O[C@H]2C[C@H]3[C@@H]4CC[C@@H]5C[C@@H](OC)CC[C@]5(C)[C@H]4CC[C@]3(C)[C@H]2[C@@H]1C. The van der Waals surface area contributed by atoms with Gasteiger partial charge in [0, 0.05) is 19.4 Å². The number of methoxy groups -OCH3 is 2. The Kier molecular flexibility index (Phi) is 9.25. The highest BCUT2D eigenvalue weighted by atomic mass is 16.5. The molecule has 1 N–H and O–H groups in total. The first-order valence-electron chi connectivity index (χ1n) is 17.7. The van der Waals surface area contributed by atoms with Crippen LogP contribution in [0.1, 0.15) is 97.5 Å². The van der Waals surface area contributed by atoms with Gasteiger partial charge in [-0.2, -0.15) is 0 Å². The molecule has 244 valence electrons. The smallest absolute Gasteiger partial charge is 0.328 e. The zero-order valence-corrected chi connectivity index (χ0v) is 28.1. The summed E-state index contributed by atoms with van der Waals surface area (Å²) in [6.07, 6.45) is 13.6. The molecule has 0 aromatic heterocycles. The lowest BCUT2D eigenvalue weighted by Crippen LogP contribution is -2.54. The van der Waals surface area contributed by atoms with Crippen LogP contribution in [0.2, 0.25) is 0 Å². The van der Waals surface area contributed by atoms with Gasteiger partial charge >= 0.3 is 5.97 Å². The number of benzene rings is 1. The van der Waals surface area contributed by atoms with Gasteiger partial charge < -0.3 is 19.5 Å². The Morgan fingerprint density at radius 3 is 2.48 bits per heavy atom. The molecule has 1 unspecified atom stereocenters. The fraction of sp³-hybridized carbons (Fsp3) is 0.789. The summed E-state index contributed by atoms with van der Waals surface area (Å²) in [5, 5.41) is 2.98. The van der Waals surface area contributed by atoms with E-state index in [4.69, 9.17) is 14.2 Å². The van der Waals surface area contributed by atoms with Gasteiger partial charge in [-0.3, -0.25) is 4.79 Å². The van der Waals surface area contributed by atoms with Crippen LogP contribution >= 0.6 is 0 Å². The van der Waals surface area contributed by atoms with Crippen molar-refractivity contribution >= 4 is 11.9 Å². The van der Waals surface area contributed by atoms with Crippen LogP contribution in [0.15, 0.2) is 30.3 Å². The van der Waals surface area contributed by atoms with Crippen LogP contribution in [0.25, 0.3) is 0 Å². The molecule has 5 aliphatic rings. The van der Waals surface area contributed by atoms with E-state index >= 15 is 0 Å². The number of carbonyl (C=O) groups is 2. The van der Waals surface area contributed by atoms with Gasteiger partial charge in [0.05, 0.1) is 25.4 Å². The lowest BCUT2D eigenvalue weighted by atomic mass is 9.44. The van der Waals surface area contributed by atoms with Gasteiger partial charge in [-0.05, 0) is 116 Å². The molecule has 4 aliphatic carbocycles. The average Bonchev–Trinajstić information content (AvgIpc) is 3.51. The van der Waals surface area contributed by atoms with E-state index in [0.29, 0.717) is 41.3 Å². The summed E-state index contributed by atoms with van der Waals surface area (Å²) in [6.45, 7) is 9.66. The predicted molar refractivity (Wildman–Crippen MR) is 172 cm³/mol. The topological polar surface area (TPSA) is 73.9 Å². The standard InChI is InChI=1S/C38H57NO5/c1-23(35(40)39-31(36(41)43-6)20-25-10-8-7-9-11-25)12-15-32-24(2)34-33(44-32)22-30-28-14-13-26-21-27(42-5)16-18-37(26,3)29(28)17-19-38(30,34)4/h7-11,23-24,26-34H,12-22H2,1-6H3,(H,39,40)/t23-,24+,26+,27-,28+,29-,30-,31?,32+,33-,34-,37-,38-/m0/s1. The van der Waals surface area contributed by atoms with Crippen molar-refractivity contribution in [2.75, 3.05) is 14.2 Å². The van der Waals surface area contributed by atoms with Crippen molar-refractivity contribution in [1.82, 2.24) is 5.32 Å². The van der Waals surface area contributed by atoms with E-state index in [1.807, 2.05) is 44.4 Å². The molecule has 13 atom stereocenters. The summed E-state index contributed by atoms with van der Waals surface area (Å²) in [5.74, 6) is 3.74. The Hall–Kier alpha value is -1.92. The fourth-order valence-electron chi connectivity index (χ4n) is 11.5. The van der Waals surface area contributed by atoms with Gasteiger partial charge in [0.15, 0.2) is 0 Å². The summed E-state index contributed by atoms with van der Waals surface area (Å²) < 4.78 is 17.8. The number of amides is 1. The van der Waals surface area contributed by atoms with Crippen LogP contribution in [0.4, 0.5) is 0 Å². The van der Waals surface area contributed by atoms with Crippen LogP contribution in [-0.2, 0) is 30.2 Å². The molecule has 6 heteroatoms. The third-order valence-electron chi connectivity index (χ3n) is 14.0. The van der Waals surface area contributed by atoms with Gasteiger partial charge in [-0.1, -0.05) is 58.0 Å². The third kappa shape index (κ3) is 5.65.